The van der Waals surface area contributed by atoms with Crippen LogP contribution in [0.3, 0.4) is 0 Å². The van der Waals surface area contributed by atoms with E-state index < -0.39 is 5.91 Å². The Morgan fingerprint density at radius 1 is 1.19 bits per heavy atom. The molecule has 2 rings (SSSR count). The first-order valence-electron chi connectivity index (χ1n) is 8.56. The number of carbonyl (C=O) groups is 1. The minimum absolute atomic E-state index is 0.0327. The molecule has 134 valence electrons. The van der Waals surface area contributed by atoms with Crippen LogP contribution in [0.5, 0.6) is 5.75 Å². The van der Waals surface area contributed by atoms with E-state index in [0.29, 0.717) is 11.3 Å². The van der Waals surface area contributed by atoms with E-state index in [1.165, 1.54) is 6.08 Å². The Hall–Kier alpha value is -3.26. The zero-order chi connectivity index (χ0) is 19.1. The monoisotopic (exact) mass is 349 g/mol. The molecule has 2 aromatic rings. The number of nitrogens with zero attached hydrogens (tertiary/aromatic N) is 2. The zero-order valence-corrected chi connectivity index (χ0v) is 15.3. The predicted octanol–water partition coefficient (Wildman–Crippen LogP) is 4.09. The molecule has 0 aliphatic rings. The summed E-state index contributed by atoms with van der Waals surface area (Å²) in [6.07, 6.45) is 1.39. The van der Waals surface area contributed by atoms with Gasteiger partial charge in [0, 0.05) is 36.1 Å². The summed E-state index contributed by atoms with van der Waals surface area (Å²) in [7, 11) is 0. The largest absolute Gasteiger partial charge is 0.507 e. The molecule has 0 aliphatic carbocycles. The molecule has 0 saturated carbocycles. The highest BCUT2D eigenvalue weighted by molar-refractivity contribution is 6.09. The van der Waals surface area contributed by atoms with Gasteiger partial charge in [-0.05, 0) is 51.1 Å². The molecule has 2 aromatic carbocycles. The standard InChI is InChI=1S/C21H23N3O2/c1-4-24(5-2)19-11-8-16(20(25)13-19)12-17(14-22)21(26)23-18-9-6-15(3)7-10-18/h6-13,25H,4-5H2,1-3H3,(H,23,26). The van der Waals surface area contributed by atoms with E-state index in [-0.39, 0.29) is 11.3 Å². The number of phenolic OH excluding ortho intramolecular Hbond substituents is 1. The summed E-state index contributed by atoms with van der Waals surface area (Å²) >= 11 is 0. The van der Waals surface area contributed by atoms with Crippen LogP contribution in [0.4, 0.5) is 11.4 Å². The third-order valence-corrected chi connectivity index (χ3v) is 4.12. The van der Waals surface area contributed by atoms with Crippen molar-refractivity contribution in [1.29, 1.82) is 5.26 Å². The molecule has 0 aromatic heterocycles. The maximum atomic E-state index is 12.3. The van der Waals surface area contributed by atoms with Gasteiger partial charge in [-0.3, -0.25) is 4.79 Å². The smallest absolute Gasteiger partial charge is 0.266 e. The Labute approximate surface area is 154 Å². The topological polar surface area (TPSA) is 76.4 Å². The van der Waals surface area contributed by atoms with Crippen molar-refractivity contribution in [3.63, 3.8) is 0 Å². The molecule has 0 atom stereocenters. The third-order valence-electron chi connectivity index (χ3n) is 4.12. The Bertz CT molecular complexity index is 845. The van der Waals surface area contributed by atoms with Crippen molar-refractivity contribution in [3.05, 3.63) is 59.2 Å². The molecule has 1 amide bonds. The number of carbonyl (C=O) groups excluding carboxylic acids is 1. The van der Waals surface area contributed by atoms with Crippen LogP contribution in [0.1, 0.15) is 25.0 Å². The van der Waals surface area contributed by atoms with Crippen LogP contribution in [0, 0.1) is 18.3 Å². The lowest BCUT2D eigenvalue weighted by atomic mass is 10.1. The van der Waals surface area contributed by atoms with E-state index in [1.807, 2.05) is 45.0 Å². The second-order valence-corrected chi connectivity index (χ2v) is 5.91. The van der Waals surface area contributed by atoms with Gasteiger partial charge in [0.25, 0.3) is 5.91 Å². The van der Waals surface area contributed by atoms with Crippen molar-refractivity contribution >= 4 is 23.4 Å². The van der Waals surface area contributed by atoms with Gasteiger partial charge in [0.05, 0.1) is 0 Å². The molecule has 2 N–H and O–H groups in total. The quantitative estimate of drug-likeness (QED) is 0.608. The van der Waals surface area contributed by atoms with E-state index in [9.17, 15) is 15.2 Å². The molecule has 0 aliphatic heterocycles. The second-order valence-electron chi connectivity index (χ2n) is 5.91. The second kappa shape index (κ2) is 8.72. The molecular formula is C21H23N3O2. The van der Waals surface area contributed by atoms with Gasteiger partial charge in [-0.2, -0.15) is 5.26 Å². The summed E-state index contributed by atoms with van der Waals surface area (Å²) in [5.74, 6) is -0.478. The van der Waals surface area contributed by atoms with Gasteiger partial charge < -0.3 is 15.3 Å². The molecule has 0 radical (unpaired) electrons. The molecule has 0 heterocycles. The van der Waals surface area contributed by atoms with Gasteiger partial charge in [-0.1, -0.05) is 17.7 Å². The number of rotatable bonds is 6. The van der Waals surface area contributed by atoms with Gasteiger partial charge >= 0.3 is 0 Å². The SMILES string of the molecule is CCN(CC)c1ccc(C=C(C#N)C(=O)Nc2ccc(C)cc2)c(O)c1. The molecule has 0 bridgehead atoms. The van der Waals surface area contributed by atoms with E-state index in [4.69, 9.17) is 0 Å². The Morgan fingerprint density at radius 2 is 1.85 bits per heavy atom. The lowest BCUT2D eigenvalue weighted by Crippen LogP contribution is -2.21. The van der Waals surface area contributed by atoms with Crippen LogP contribution >= 0.6 is 0 Å². The van der Waals surface area contributed by atoms with E-state index in [2.05, 4.69) is 10.2 Å². The predicted molar refractivity (Wildman–Crippen MR) is 105 cm³/mol. The summed E-state index contributed by atoms with van der Waals surface area (Å²) in [4.78, 5) is 14.4. The van der Waals surface area contributed by atoms with Crippen molar-refractivity contribution in [2.45, 2.75) is 20.8 Å². The number of hydrogen-bond donors (Lipinski definition) is 2. The third kappa shape index (κ3) is 4.64. The Kier molecular flexibility index (Phi) is 6.40. The number of amides is 1. The van der Waals surface area contributed by atoms with E-state index >= 15 is 0 Å². The number of aryl methyl sites for hydroxylation is 1. The average Bonchev–Trinajstić information content (AvgIpc) is 2.64. The number of aromatic hydroxyl groups is 1. The average molecular weight is 349 g/mol. The molecule has 0 fully saturated rings. The molecule has 0 saturated heterocycles. The summed E-state index contributed by atoms with van der Waals surface area (Å²) < 4.78 is 0. The van der Waals surface area contributed by atoms with Crippen LogP contribution in [0.25, 0.3) is 6.08 Å². The van der Waals surface area contributed by atoms with Crippen LogP contribution in [-0.2, 0) is 4.79 Å². The van der Waals surface area contributed by atoms with Gasteiger partial charge in [-0.25, -0.2) is 0 Å². The number of nitriles is 1. The van der Waals surface area contributed by atoms with E-state index in [0.717, 1.165) is 24.3 Å². The van der Waals surface area contributed by atoms with Crippen LogP contribution in [0.2, 0.25) is 0 Å². The molecule has 5 heteroatoms. The fourth-order valence-corrected chi connectivity index (χ4v) is 2.58. The first-order valence-corrected chi connectivity index (χ1v) is 8.56. The maximum absolute atomic E-state index is 12.3. The van der Waals surface area contributed by atoms with Crippen molar-refractivity contribution in [2.75, 3.05) is 23.3 Å². The van der Waals surface area contributed by atoms with E-state index in [1.54, 1.807) is 24.3 Å². The number of benzene rings is 2. The highest BCUT2D eigenvalue weighted by Gasteiger charge is 2.12. The van der Waals surface area contributed by atoms with Gasteiger partial charge in [-0.15, -0.1) is 0 Å². The zero-order valence-electron chi connectivity index (χ0n) is 15.3. The van der Waals surface area contributed by atoms with Crippen LogP contribution < -0.4 is 10.2 Å². The van der Waals surface area contributed by atoms with Crippen molar-refractivity contribution in [3.8, 4) is 11.8 Å². The number of nitrogens with one attached hydrogen (secondary N) is 1. The molecule has 0 unspecified atom stereocenters. The molecular weight excluding hydrogens is 326 g/mol. The number of phenols is 1. The summed E-state index contributed by atoms with van der Waals surface area (Å²) in [6, 6.07) is 14.4. The first-order chi connectivity index (χ1) is 12.5. The molecule has 5 nitrogen and oxygen atoms in total. The Balaban J connectivity index is 2.23. The van der Waals surface area contributed by atoms with Gasteiger partial charge in [0.2, 0.25) is 0 Å². The lowest BCUT2D eigenvalue weighted by molar-refractivity contribution is -0.112. The minimum Gasteiger partial charge on any atom is -0.507 e. The summed E-state index contributed by atoms with van der Waals surface area (Å²) in [5, 5.41) is 22.3. The first kappa shape index (κ1) is 19.1. The Morgan fingerprint density at radius 3 is 2.38 bits per heavy atom. The van der Waals surface area contributed by atoms with Crippen molar-refractivity contribution in [1.82, 2.24) is 0 Å². The lowest BCUT2D eigenvalue weighted by Gasteiger charge is -2.21. The van der Waals surface area contributed by atoms with Crippen LogP contribution in [0.15, 0.2) is 48.0 Å². The van der Waals surface area contributed by atoms with Crippen molar-refractivity contribution < 1.29 is 9.90 Å². The number of hydrogen-bond acceptors (Lipinski definition) is 4. The van der Waals surface area contributed by atoms with Crippen LogP contribution in [-0.4, -0.2) is 24.1 Å². The van der Waals surface area contributed by atoms with Gasteiger partial charge in [0.1, 0.15) is 17.4 Å². The highest BCUT2D eigenvalue weighted by atomic mass is 16.3. The van der Waals surface area contributed by atoms with Gasteiger partial charge in [0.15, 0.2) is 0 Å². The van der Waals surface area contributed by atoms with Crippen molar-refractivity contribution in [2.24, 2.45) is 0 Å². The highest BCUT2D eigenvalue weighted by Crippen LogP contribution is 2.26. The molecule has 0 spiro atoms. The minimum atomic E-state index is -0.511. The summed E-state index contributed by atoms with van der Waals surface area (Å²) in [6.45, 7) is 7.69. The fraction of sp³-hybridized carbons (Fsp3) is 0.238. The maximum Gasteiger partial charge on any atom is 0.266 e. The molecule has 26 heavy (non-hydrogen) atoms. The number of anilines is 2. The normalized spacial score (nSPS) is 10.9. The fourth-order valence-electron chi connectivity index (χ4n) is 2.58. The summed E-state index contributed by atoms with van der Waals surface area (Å²) in [5.41, 5.74) is 2.94.